The van der Waals surface area contributed by atoms with Crippen LogP contribution in [0.4, 0.5) is 0 Å². The fourth-order valence-corrected chi connectivity index (χ4v) is 3.84. The van der Waals surface area contributed by atoms with Crippen LogP contribution in [-0.4, -0.2) is 56.7 Å². The Morgan fingerprint density at radius 3 is 2.38 bits per heavy atom. The molecule has 1 fully saturated rings. The summed E-state index contributed by atoms with van der Waals surface area (Å²) in [6.07, 6.45) is 0. The predicted molar refractivity (Wildman–Crippen MR) is 84.0 cm³/mol. The molecular formula is C15H24N2O3S. The minimum absolute atomic E-state index is 0.176. The lowest BCUT2D eigenvalue weighted by Crippen LogP contribution is -2.49. The first kappa shape index (κ1) is 16.3. The Hall–Kier alpha value is -1.11. The summed E-state index contributed by atoms with van der Waals surface area (Å²) in [6.45, 7) is 6.46. The smallest absolute Gasteiger partial charge is 0.213 e. The number of hydrogen-bond acceptors (Lipinski definition) is 4. The van der Waals surface area contributed by atoms with E-state index in [0.29, 0.717) is 13.1 Å². The average Bonchev–Trinajstić information content (AvgIpc) is 2.54. The van der Waals surface area contributed by atoms with Gasteiger partial charge >= 0.3 is 0 Å². The second-order valence-electron chi connectivity index (χ2n) is 5.25. The molecule has 0 aliphatic carbocycles. The van der Waals surface area contributed by atoms with Crippen molar-refractivity contribution in [3.63, 3.8) is 0 Å². The Kier molecular flexibility index (Phi) is 5.24. The number of piperazine rings is 1. The van der Waals surface area contributed by atoms with Crippen LogP contribution in [0.5, 0.6) is 5.75 Å². The maximum Gasteiger partial charge on any atom is 0.213 e. The molecule has 1 aliphatic heterocycles. The van der Waals surface area contributed by atoms with Gasteiger partial charge in [0.1, 0.15) is 5.75 Å². The van der Waals surface area contributed by atoms with E-state index in [1.165, 1.54) is 0 Å². The Balaban J connectivity index is 2.05. The number of rotatable bonds is 5. The van der Waals surface area contributed by atoms with Gasteiger partial charge in [-0.3, -0.25) is 4.90 Å². The average molecular weight is 312 g/mol. The van der Waals surface area contributed by atoms with E-state index in [4.69, 9.17) is 4.74 Å². The van der Waals surface area contributed by atoms with Gasteiger partial charge < -0.3 is 4.74 Å². The van der Waals surface area contributed by atoms with Gasteiger partial charge in [-0.15, -0.1) is 0 Å². The number of benzene rings is 1. The Labute approximate surface area is 127 Å². The van der Waals surface area contributed by atoms with Crippen LogP contribution in [0.15, 0.2) is 24.3 Å². The van der Waals surface area contributed by atoms with E-state index in [2.05, 4.69) is 17.9 Å². The van der Waals surface area contributed by atoms with Crippen LogP contribution >= 0.6 is 0 Å². The Morgan fingerprint density at radius 2 is 1.81 bits per heavy atom. The third kappa shape index (κ3) is 3.56. The van der Waals surface area contributed by atoms with Crippen LogP contribution < -0.4 is 4.74 Å². The van der Waals surface area contributed by atoms with Crippen molar-refractivity contribution in [1.82, 2.24) is 9.21 Å². The molecule has 21 heavy (non-hydrogen) atoms. The number of nitrogens with zero attached hydrogens (tertiary/aromatic N) is 2. The molecule has 0 amide bonds. The van der Waals surface area contributed by atoms with Gasteiger partial charge in [0.25, 0.3) is 0 Å². The Bertz CT molecular complexity index is 566. The number of methoxy groups -OCH3 is 1. The fraction of sp³-hybridized carbons (Fsp3) is 0.600. The maximum absolute atomic E-state index is 11.9. The molecule has 1 aromatic rings. The third-order valence-electron chi connectivity index (χ3n) is 4.17. The van der Waals surface area contributed by atoms with E-state index in [9.17, 15) is 8.42 Å². The highest BCUT2D eigenvalue weighted by molar-refractivity contribution is 7.89. The maximum atomic E-state index is 11.9. The number of hydrogen-bond donors (Lipinski definition) is 0. The second-order valence-corrected chi connectivity index (χ2v) is 7.51. The lowest BCUT2D eigenvalue weighted by molar-refractivity contribution is 0.144. The number of ether oxygens (including phenoxy) is 1. The first-order chi connectivity index (χ1) is 9.99. The molecule has 1 aliphatic rings. The molecular weight excluding hydrogens is 288 g/mol. The predicted octanol–water partition coefficient (Wildman–Crippen LogP) is 1.72. The molecule has 0 unspecified atom stereocenters. The lowest BCUT2D eigenvalue weighted by Gasteiger charge is -2.37. The molecule has 118 valence electrons. The van der Waals surface area contributed by atoms with Gasteiger partial charge in [-0.05, 0) is 19.9 Å². The van der Waals surface area contributed by atoms with E-state index >= 15 is 0 Å². The van der Waals surface area contributed by atoms with Crippen molar-refractivity contribution in [3.8, 4) is 5.75 Å². The summed E-state index contributed by atoms with van der Waals surface area (Å²) >= 11 is 0. The first-order valence-corrected chi connectivity index (χ1v) is 8.95. The van der Waals surface area contributed by atoms with Gasteiger partial charge in [-0.25, -0.2) is 8.42 Å². The van der Waals surface area contributed by atoms with Gasteiger partial charge in [0.2, 0.25) is 10.0 Å². The van der Waals surface area contributed by atoms with Crippen molar-refractivity contribution in [2.45, 2.75) is 19.9 Å². The third-order valence-corrected chi connectivity index (χ3v) is 6.05. The van der Waals surface area contributed by atoms with Crippen molar-refractivity contribution in [2.24, 2.45) is 0 Å². The summed E-state index contributed by atoms with van der Waals surface area (Å²) in [7, 11) is -1.39. The van der Waals surface area contributed by atoms with Crippen molar-refractivity contribution in [3.05, 3.63) is 29.8 Å². The molecule has 0 aromatic heterocycles. The van der Waals surface area contributed by atoms with Gasteiger partial charge in [0.05, 0.1) is 12.9 Å². The monoisotopic (exact) mass is 312 g/mol. The molecule has 1 aromatic carbocycles. The van der Waals surface area contributed by atoms with E-state index in [1.807, 2.05) is 18.2 Å². The van der Waals surface area contributed by atoms with Crippen LogP contribution in [0.1, 0.15) is 25.5 Å². The molecule has 1 heterocycles. The highest BCUT2D eigenvalue weighted by Crippen LogP contribution is 2.29. The van der Waals surface area contributed by atoms with Crippen LogP contribution in [0.3, 0.4) is 0 Å². The van der Waals surface area contributed by atoms with E-state index in [-0.39, 0.29) is 11.8 Å². The molecule has 0 spiro atoms. The van der Waals surface area contributed by atoms with E-state index < -0.39 is 10.0 Å². The van der Waals surface area contributed by atoms with Gasteiger partial charge in [-0.2, -0.15) is 4.31 Å². The molecule has 0 N–H and O–H groups in total. The molecule has 0 radical (unpaired) electrons. The summed E-state index contributed by atoms with van der Waals surface area (Å²) < 4.78 is 30.8. The van der Waals surface area contributed by atoms with Gasteiger partial charge in [0.15, 0.2) is 0 Å². The first-order valence-electron chi connectivity index (χ1n) is 7.34. The zero-order chi connectivity index (χ0) is 15.5. The summed E-state index contributed by atoms with van der Waals surface area (Å²) in [5.74, 6) is 1.06. The molecule has 0 bridgehead atoms. The van der Waals surface area contributed by atoms with E-state index in [0.717, 1.165) is 24.4 Å². The minimum Gasteiger partial charge on any atom is -0.496 e. The fourth-order valence-electron chi connectivity index (χ4n) is 2.76. The summed E-state index contributed by atoms with van der Waals surface area (Å²) in [6, 6.07) is 8.21. The van der Waals surface area contributed by atoms with E-state index in [1.54, 1.807) is 18.3 Å². The number of sulfonamides is 1. The lowest BCUT2D eigenvalue weighted by atomic mass is 10.1. The molecule has 1 saturated heterocycles. The highest BCUT2D eigenvalue weighted by Gasteiger charge is 2.28. The van der Waals surface area contributed by atoms with Crippen LogP contribution in [0, 0.1) is 0 Å². The van der Waals surface area contributed by atoms with Crippen molar-refractivity contribution in [1.29, 1.82) is 0 Å². The Morgan fingerprint density at radius 1 is 1.19 bits per heavy atom. The van der Waals surface area contributed by atoms with Crippen molar-refractivity contribution in [2.75, 3.05) is 39.0 Å². The summed E-state index contributed by atoms with van der Waals surface area (Å²) in [5.41, 5.74) is 1.15. The standard InChI is InChI=1S/C15H24N2O3S/c1-4-21(18,19)17-11-9-16(10-12-17)13(2)14-7-5-6-8-15(14)20-3/h5-8,13H,4,9-12H2,1-3H3/t13-/m0/s1. The normalized spacial score (nSPS) is 19.4. The van der Waals surface area contributed by atoms with Crippen LogP contribution in [-0.2, 0) is 10.0 Å². The second kappa shape index (κ2) is 6.77. The largest absolute Gasteiger partial charge is 0.496 e. The summed E-state index contributed by atoms with van der Waals surface area (Å²) in [5, 5.41) is 0. The van der Waals surface area contributed by atoms with Crippen LogP contribution in [0.2, 0.25) is 0 Å². The zero-order valence-electron chi connectivity index (χ0n) is 12.9. The topological polar surface area (TPSA) is 49.9 Å². The van der Waals surface area contributed by atoms with Crippen LogP contribution in [0.25, 0.3) is 0 Å². The SMILES string of the molecule is CCS(=O)(=O)N1CCN([C@@H](C)c2ccccc2OC)CC1. The summed E-state index contributed by atoms with van der Waals surface area (Å²) in [4.78, 5) is 2.31. The molecule has 1 atom stereocenters. The number of para-hydroxylation sites is 1. The zero-order valence-corrected chi connectivity index (χ0v) is 13.8. The molecule has 0 saturated carbocycles. The molecule has 2 rings (SSSR count). The van der Waals surface area contributed by atoms with Gasteiger partial charge in [-0.1, -0.05) is 18.2 Å². The highest BCUT2D eigenvalue weighted by atomic mass is 32.2. The van der Waals surface area contributed by atoms with Crippen molar-refractivity contribution >= 4 is 10.0 Å². The molecule has 6 heteroatoms. The van der Waals surface area contributed by atoms with Gasteiger partial charge in [0, 0.05) is 37.8 Å². The molecule has 5 nitrogen and oxygen atoms in total. The minimum atomic E-state index is -3.07. The quantitative estimate of drug-likeness (QED) is 0.831. The van der Waals surface area contributed by atoms with Crippen molar-refractivity contribution < 1.29 is 13.2 Å².